The van der Waals surface area contributed by atoms with Crippen LogP contribution in [0.15, 0.2) is 18.2 Å². The molecule has 0 spiro atoms. The summed E-state index contributed by atoms with van der Waals surface area (Å²) in [6, 6.07) is 4.59. The van der Waals surface area contributed by atoms with Crippen LogP contribution in [0.4, 0.5) is 0 Å². The van der Waals surface area contributed by atoms with Crippen LogP contribution in [0.5, 0.6) is 0 Å². The summed E-state index contributed by atoms with van der Waals surface area (Å²) >= 11 is 13.7. The summed E-state index contributed by atoms with van der Waals surface area (Å²) in [5.74, 6) is 0.500. The smallest absolute Gasteiger partial charge is 0.329 e. The van der Waals surface area contributed by atoms with Gasteiger partial charge >= 0.3 is 5.97 Å². The summed E-state index contributed by atoms with van der Waals surface area (Å²) in [5.41, 5.74) is 0.588. The maximum Gasteiger partial charge on any atom is 0.329 e. The van der Waals surface area contributed by atoms with Crippen LogP contribution < -0.4 is 0 Å². The average Bonchev–Trinajstić information content (AvgIpc) is 2.92. The molecule has 1 heterocycles. The van der Waals surface area contributed by atoms with E-state index < -0.39 is 6.04 Å². The lowest BCUT2D eigenvalue weighted by Crippen LogP contribution is -2.43. The third-order valence-electron chi connectivity index (χ3n) is 3.15. The molecule has 1 atom stereocenters. The number of rotatable bonds is 4. The van der Waals surface area contributed by atoms with Gasteiger partial charge in [-0.3, -0.25) is 4.79 Å². The Kier molecular flexibility index (Phi) is 5.79. The first-order valence-corrected chi connectivity index (χ1v) is 8.42. The number of hydrogen-bond acceptors (Lipinski definition) is 4. The van der Waals surface area contributed by atoms with Gasteiger partial charge in [-0.25, -0.2) is 4.79 Å². The van der Waals surface area contributed by atoms with Crippen molar-refractivity contribution in [2.45, 2.75) is 19.4 Å². The highest BCUT2D eigenvalue weighted by atomic mass is 35.5. The first kappa shape index (κ1) is 16.5. The fourth-order valence-corrected chi connectivity index (χ4v) is 3.77. The lowest BCUT2D eigenvalue weighted by Gasteiger charge is -2.22. The molecule has 0 aliphatic carbocycles. The largest absolute Gasteiger partial charge is 0.464 e. The van der Waals surface area contributed by atoms with Gasteiger partial charge in [-0.2, -0.15) is 0 Å². The topological polar surface area (TPSA) is 46.6 Å². The molecule has 1 aromatic rings. The molecule has 114 valence electrons. The minimum Gasteiger partial charge on any atom is -0.464 e. The molecule has 2 rings (SSSR count). The summed E-state index contributed by atoms with van der Waals surface area (Å²) < 4.78 is 5.01. The SMILES string of the molecule is CCOC(=O)C1CSCN1C(=O)Cc1c(Cl)cccc1Cl. The molecule has 0 saturated carbocycles. The van der Waals surface area contributed by atoms with E-state index in [9.17, 15) is 9.59 Å². The van der Waals surface area contributed by atoms with Crippen molar-refractivity contribution in [2.75, 3.05) is 18.2 Å². The Morgan fingerprint density at radius 2 is 2.05 bits per heavy atom. The van der Waals surface area contributed by atoms with Crippen molar-refractivity contribution in [3.63, 3.8) is 0 Å². The van der Waals surface area contributed by atoms with Gasteiger partial charge in [0.25, 0.3) is 0 Å². The quantitative estimate of drug-likeness (QED) is 0.785. The van der Waals surface area contributed by atoms with E-state index in [1.165, 1.54) is 16.7 Å². The standard InChI is InChI=1S/C14H15Cl2NO3S/c1-2-20-14(19)12-7-21-8-17(12)13(18)6-9-10(15)4-3-5-11(9)16/h3-5,12H,2,6-8H2,1H3. The third-order valence-corrected chi connectivity index (χ3v) is 4.87. The second-order valence-corrected chi connectivity index (χ2v) is 6.32. The fraction of sp³-hybridized carbons (Fsp3) is 0.429. The monoisotopic (exact) mass is 347 g/mol. The second-order valence-electron chi connectivity index (χ2n) is 4.51. The van der Waals surface area contributed by atoms with Crippen molar-refractivity contribution in [1.29, 1.82) is 0 Å². The number of amides is 1. The summed E-state index contributed by atoms with van der Waals surface area (Å²) in [7, 11) is 0. The Morgan fingerprint density at radius 3 is 2.67 bits per heavy atom. The van der Waals surface area contributed by atoms with Crippen molar-refractivity contribution in [3.05, 3.63) is 33.8 Å². The molecule has 21 heavy (non-hydrogen) atoms. The number of hydrogen-bond donors (Lipinski definition) is 0. The summed E-state index contributed by atoms with van der Waals surface area (Å²) in [4.78, 5) is 25.8. The molecule has 7 heteroatoms. The van der Waals surface area contributed by atoms with E-state index in [0.717, 1.165) is 0 Å². The van der Waals surface area contributed by atoms with Crippen LogP contribution in [-0.2, 0) is 20.7 Å². The number of esters is 1. The number of carbonyl (C=O) groups excluding carboxylic acids is 2. The first-order valence-electron chi connectivity index (χ1n) is 6.51. The Morgan fingerprint density at radius 1 is 1.38 bits per heavy atom. The van der Waals surface area contributed by atoms with Gasteiger partial charge in [0.05, 0.1) is 18.9 Å². The number of halogens is 2. The van der Waals surface area contributed by atoms with Crippen molar-refractivity contribution in [2.24, 2.45) is 0 Å². The first-order chi connectivity index (χ1) is 10.0. The van der Waals surface area contributed by atoms with E-state index in [2.05, 4.69) is 0 Å². The molecule has 1 unspecified atom stereocenters. The third kappa shape index (κ3) is 3.84. The maximum atomic E-state index is 12.4. The van der Waals surface area contributed by atoms with E-state index in [-0.39, 0.29) is 18.3 Å². The lowest BCUT2D eigenvalue weighted by molar-refractivity contribution is -0.152. The van der Waals surface area contributed by atoms with Crippen LogP contribution in [-0.4, -0.2) is 41.1 Å². The fourth-order valence-electron chi connectivity index (χ4n) is 2.08. The molecule has 0 radical (unpaired) electrons. The normalized spacial score (nSPS) is 17.9. The van der Waals surface area contributed by atoms with Crippen molar-refractivity contribution >= 4 is 46.8 Å². The van der Waals surface area contributed by atoms with Gasteiger partial charge in [0.1, 0.15) is 6.04 Å². The van der Waals surface area contributed by atoms with E-state index in [1.807, 2.05) is 0 Å². The van der Waals surface area contributed by atoms with Gasteiger partial charge in [-0.15, -0.1) is 11.8 Å². The number of ether oxygens (including phenoxy) is 1. The number of benzene rings is 1. The van der Waals surface area contributed by atoms with Crippen LogP contribution in [0.2, 0.25) is 10.0 Å². The van der Waals surface area contributed by atoms with Gasteiger partial charge in [-0.1, -0.05) is 29.3 Å². The molecule has 1 aromatic carbocycles. The maximum absolute atomic E-state index is 12.4. The summed E-state index contributed by atoms with van der Waals surface area (Å²) in [6.45, 7) is 2.05. The second kappa shape index (κ2) is 7.38. The number of thioether (sulfide) groups is 1. The van der Waals surface area contributed by atoms with Crippen molar-refractivity contribution in [3.8, 4) is 0 Å². The average molecular weight is 348 g/mol. The minimum atomic E-state index is -0.524. The Bertz CT molecular complexity index is 533. The zero-order chi connectivity index (χ0) is 15.4. The highest BCUT2D eigenvalue weighted by Gasteiger charge is 2.35. The molecule has 0 aromatic heterocycles. The van der Waals surface area contributed by atoms with Gasteiger partial charge < -0.3 is 9.64 Å². The molecule has 0 bridgehead atoms. The van der Waals surface area contributed by atoms with Crippen molar-refractivity contribution in [1.82, 2.24) is 4.90 Å². The molecular weight excluding hydrogens is 333 g/mol. The van der Waals surface area contributed by atoms with Crippen LogP contribution >= 0.6 is 35.0 Å². The molecule has 1 aliphatic heterocycles. The van der Waals surface area contributed by atoms with Crippen LogP contribution in [0.1, 0.15) is 12.5 Å². The zero-order valence-corrected chi connectivity index (χ0v) is 13.8. The van der Waals surface area contributed by atoms with Gasteiger partial charge in [0, 0.05) is 15.8 Å². The summed E-state index contributed by atoms with van der Waals surface area (Å²) in [5, 5.41) is 0.908. The predicted octanol–water partition coefficient (Wildman–Crippen LogP) is 3.00. The molecule has 1 aliphatic rings. The molecular formula is C14H15Cl2NO3S. The minimum absolute atomic E-state index is 0.0783. The predicted molar refractivity (Wildman–Crippen MR) is 84.8 cm³/mol. The molecule has 0 N–H and O–H groups in total. The lowest BCUT2D eigenvalue weighted by atomic mass is 10.1. The Hall–Kier alpha value is -0.910. The number of nitrogens with zero attached hydrogens (tertiary/aromatic N) is 1. The molecule has 4 nitrogen and oxygen atoms in total. The molecule has 1 amide bonds. The van der Waals surface area contributed by atoms with Gasteiger partial charge in [0.2, 0.25) is 5.91 Å². The van der Waals surface area contributed by atoms with Crippen LogP contribution in [0.3, 0.4) is 0 Å². The van der Waals surface area contributed by atoms with E-state index in [4.69, 9.17) is 27.9 Å². The molecule has 1 fully saturated rings. The highest BCUT2D eigenvalue weighted by Crippen LogP contribution is 2.28. The van der Waals surface area contributed by atoms with E-state index >= 15 is 0 Å². The van der Waals surface area contributed by atoms with E-state index in [0.29, 0.717) is 33.8 Å². The van der Waals surface area contributed by atoms with Crippen LogP contribution in [0.25, 0.3) is 0 Å². The van der Waals surface area contributed by atoms with E-state index in [1.54, 1.807) is 25.1 Å². The Balaban J connectivity index is 2.11. The molecule has 1 saturated heterocycles. The van der Waals surface area contributed by atoms with Crippen molar-refractivity contribution < 1.29 is 14.3 Å². The Labute approximate surface area is 137 Å². The summed E-state index contributed by atoms with van der Waals surface area (Å²) in [6.07, 6.45) is 0.0783. The zero-order valence-electron chi connectivity index (χ0n) is 11.5. The highest BCUT2D eigenvalue weighted by molar-refractivity contribution is 7.99. The number of carbonyl (C=O) groups is 2. The van der Waals surface area contributed by atoms with Crippen LogP contribution in [0, 0.1) is 0 Å². The van der Waals surface area contributed by atoms with Gasteiger partial charge in [-0.05, 0) is 24.6 Å². The van der Waals surface area contributed by atoms with Gasteiger partial charge in [0.15, 0.2) is 0 Å².